The van der Waals surface area contributed by atoms with Gasteiger partial charge in [0.2, 0.25) is 11.9 Å². The topological polar surface area (TPSA) is 89.2 Å². The molecule has 3 rings (SSSR count). The Balaban J connectivity index is 2.14. The lowest BCUT2D eigenvalue weighted by Gasteiger charge is -2.46. The number of benzene rings is 1. The Morgan fingerprint density at radius 2 is 1.96 bits per heavy atom. The van der Waals surface area contributed by atoms with Gasteiger partial charge in [0.15, 0.2) is 0 Å². The monoisotopic (exact) mass is 447 g/mol. The fourth-order valence-electron chi connectivity index (χ4n) is 3.32. The maximum Gasteiger partial charge on any atom is 0.220 e. The van der Waals surface area contributed by atoms with E-state index in [1.165, 1.54) is 6.42 Å². The van der Waals surface area contributed by atoms with Crippen LogP contribution in [0.15, 0.2) is 22.1 Å². The van der Waals surface area contributed by atoms with Crippen molar-refractivity contribution in [3.8, 4) is 5.75 Å². The number of guanidine groups is 2. The first-order chi connectivity index (χ1) is 11.0. The zero-order valence-electron chi connectivity index (χ0n) is 12.9. The minimum absolute atomic E-state index is 0.247. The van der Waals surface area contributed by atoms with Crippen molar-refractivity contribution < 1.29 is 4.74 Å². The van der Waals surface area contributed by atoms with E-state index in [0.717, 1.165) is 34.9 Å². The third-order valence-electron chi connectivity index (χ3n) is 4.31. The van der Waals surface area contributed by atoms with Gasteiger partial charge in [-0.3, -0.25) is 4.90 Å². The van der Waals surface area contributed by atoms with Gasteiger partial charge >= 0.3 is 0 Å². The second-order valence-corrected chi connectivity index (χ2v) is 7.33. The number of nitrogens with zero attached hydrogens (tertiary/aromatic N) is 3. The fraction of sp³-hybridized carbons (Fsp3) is 0.467. The molecule has 124 valence electrons. The van der Waals surface area contributed by atoms with Crippen LogP contribution in [0.25, 0.3) is 0 Å². The summed E-state index contributed by atoms with van der Waals surface area (Å²) in [6.07, 6.45) is 5.16. The van der Waals surface area contributed by atoms with Crippen molar-refractivity contribution in [2.75, 3.05) is 12.0 Å². The highest BCUT2D eigenvalue weighted by Crippen LogP contribution is 2.43. The number of ether oxygens (including phenoxy) is 1. The SMILES string of the molecule is COc1cc(N2C(N)=NC(N)=NC23CCCCC3)c(I)cc1Cl. The molecule has 1 saturated carbocycles. The molecule has 0 aromatic heterocycles. The van der Waals surface area contributed by atoms with Crippen molar-refractivity contribution in [3.05, 3.63) is 20.7 Å². The highest BCUT2D eigenvalue weighted by atomic mass is 127. The van der Waals surface area contributed by atoms with Crippen molar-refractivity contribution >= 4 is 51.8 Å². The summed E-state index contributed by atoms with van der Waals surface area (Å²) >= 11 is 8.46. The van der Waals surface area contributed by atoms with Crippen molar-refractivity contribution in [3.63, 3.8) is 0 Å². The normalized spacial score (nSPS) is 20.2. The highest BCUT2D eigenvalue weighted by Gasteiger charge is 2.43. The number of hydrogen-bond donors (Lipinski definition) is 2. The van der Waals surface area contributed by atoms with Gasteiger partial charge in [0, 0.05) is 9.64 Å². The van der Waals surface area contributed by atoms with Gasteiger partial charge in [-0.15, -0.1) is 0 Å². The maximum atomic E-state index is 6.24. The average Bonchev–Trinajstić information content (AvgIpc) is 2.49. The minimum atomic E-state index is -0.465. The number of rotatable bonds is 2. The fourth-order valence-corrected chi connectivity index (χ4v) is 4.45. The summed E-state index contributed by atoms with van der Waals surface area (Å²) < 4.78 is 6.33. The summed E-state index contributed by atoms with van der Waals surface area (Å²) in [5, 5.41) is 0.564. The number of nitrogens with two attached hydrogens (primary N) is 2. The molecule has 2 aliphatic rings. The van der Waals surface area contributed by atoms with Crippen LogP contribution in [0.5, 0.6) is 5.75 Å². The summed E-state index contributed by atoms with van der Waals surface area (Å²) in [4.78, 5) is 10.8. The number of hydrogen-bond acceptors (Lipinski definition) is 6. The molecule has 1 aliphatic carbocycles. The van der Waals surface area contributed by atoms with Gasteiger partial charge in [0.05, 0.1) is 17.8 Å². The molecule has 1 heterocycles. The van der Waals surface area contributed by atoms with Crippen molar-refractivity contribution in [1.29, 1.82) is 0 Å². The van der Waals surface area contributed by atoms with Crippen LogP contribution in [0, 0.1) is 3.57 Å². The first-order valence-electron chi connectivity index (χ1n) is 7.49. The predicted molar refractivity (Wildman–Crippen MR) is 102 cm³/mol. The van der Waals surface area contributed by atoms with E-state index >= 15 is 0 Å². The summed E-state index contributed by atoms with van der Waals surface area (Å²) in [5.41, 5.74) is 12.6. The number of halogens is 2. The molecule has 0 radical (unpaired) electrons. The Morgan fingerprint density at radius 1 is 1.26 bits per heavy atom. The first kappa shape index (κ1) is 16.6. The lowest BCUT2D eigenvalue weighted by atomic mass is 9.87. The Kier molecular flexibility index (Phi) is 4.59. The van der Waals surface area contributed by atoms with E-state index in [-0.39, 0.29) is 5.96 Å². The zero-order chi connectivity index (χ0) is 16.6. The van der Waals surface area contributed by atoms with Crippen LogP contribution in [0.2, 0.25) is 5.02 Å². The van der Waals surface area contributed by atoms with Crippen LogP contribution < -0.4 is 21.1 Å². The molecule has 1 aromatic rings. The lowest BCUT2D eigenvalue weighted by molar-refractivity contribution is 0.305. The van der Waals surface area contributed by atoms with Crippen molar-refractivity contribution in [2.24, 2.45) is 21.5 Å². The van der Waals surface area contributed by atoms with E-state index < -0.39 is 5.66 Å². The standard InChI is InChI=1S/C15H19ClIN5O/c1-23-12-8-11(10(17)7-9(12)16)22-14(19)20-13(18)21-15(22)5-3-2-4-6-15/h7-8H,2-6H2,1H3,(H4,18,19,20,21). The molecule has 0 saturated heterocycles. The van der Waals surface area contributed by atoms with Crippen LogP contribution in [0.4, 0.5) is 5.69 Å². The van der Waals surface area contributed by atoms with Crippen LogP contribution >= 0.6 is 34.2 Å². The summed E-state index contributed by atoms with van der Waals surface area (Å²) in [6, 6.07) is 3.75. The van der Waals surface area contributed by atoms with Gasteiger partial charge in [0.25, 0.3) is 0 Å². The van der Waals surface area contributed by atoms with E-state index in [1.54, 1.807) is 7.11 Å². The molecule has 1 aliphatic heterocycles. The smallest absolute Gasteiger partial charge is 0.220 e. The predicted octanol–water partition coefficient (Wildman–Crippen LogP) is 3.06. The molecule has 1 aromatic carbocycles. The molecule has 6 nitrogen and oxygen atoms in total. The molecule has 0 amide bonds. The Morgan fingerprint density at radius 3 is 2.61 bits per heavy atom. The van der Waals surface area contributed by atoms with Crippen molar-refractivity contribution in [1.82, 2.24) is 0 Å². The lowest BCUT2D eigenvalue weighted by Crippen LogP contribution is -2.58. The van der Waals surface area contributed by atoms with Crippen molar-refractivity contribution in [2.45, 2.75) is 37.8 Å². The second-order valence-electron chi connectivity index (χ2n) is 5.76. The zero-order valence-corrected chi connectivity index (χ0v) is 15.8. The van der Waals surface area contributed by atoms with Crippen LogP contribution in [0.1, 0.15) is 32.1 Å². The molecular weight excluding hydrogens is 429 g/mol. The van der Waals surface area contributed by atoms with Gasteiger partial charge in [-0.2, -0.15) is 4.99 Å². The minimum Gasteiger partial charge on any atom is -0.495 e. The van der Waals surface area contributed by atoms with Gasteiger partial charge < -0.3 is 16.2 Å². The van der Waals surface area contributed by atoms with Gasteiger partial charge in [-0.1, -0.05) is 18.0 Å². The van der Waals surface area contributed by atoms with Crippen LogP contribution in [0.3, 0.4) is 0 Å². The van der Waals surface area contributed by atoms with Crippen LogP contribution in [-0.2, 0) is 0 Å². The van der Waals surface area contributed by atoms with E-state index in [9.17, 15) is 0 Å². The third-order valence-corrected chi connectivity index (χ3v) is 5.47. The number of methoxy groups -OCH3 is 1. The Labute approximate surface area is 154 Å². The molecule has 23 heavy (non-hydrogen) atoms. The Hall–Kier alpha value is -1.22. The first-order valence-corrected chi connectivity index (χ1v) is 8.95. The number of aliphatic imine (C=N–C) groups is 2. The highest BCUT2D eigenvalue weighted by molar-refractivity contribution is 14.1. The molecular formula is C15H19ClIN5O. The molecule has 0 unspecified atom stereocenters. The van der Waals surface area contributed by atoms with E-state index in [2.05, 4.69) is 32.6 Å². The molecule has 8 heteroatoms. The largest absolute Gasteiger partial charge is 0.495 e. The summed E-state index contributed by atoms with van der Waals surface area (Å²) in [7, 11) is 1.60. The van der Waals surface area contributed by atoms with Crippen LogP contribution in [-0.4, -0.2) is 24.7 Å². The van der Waals surface area contributed by atoms with E-state index in [4.69, 9.17) is 27.8 Å². The second kappa shape index (κ2) is 6.35. The van der Waals surface area contributed by atoms with Gasteiger partial charge in [-0.05, 0) is 54.3 Å². The van der Waals surface area contributed by atoms with Gasteiger partial charge in [-0.25, -0.2) is 4.99 Å². The maximum absolute atomic E-state index is 6.24. The van der Waals surface area contributed by atoms with Gasteiger partial charge in [0.1, 0.15) is 11.4 Å². The van der Waals surface area contributed by atoms with E-state index in [1.807, 2.05) is 17.0 Å². The Bertz CT molecular complexity index is 685. The van der Waals surface area contributed by atoms with E-state index in [0.29, 0.717) is 16.7 Å². The molecule has 1 fully saturated rings. The average molecular weight is 448 g/mol. The summed E-state index contributed by atoms with van der Waals surface area (Å²) in [5.74, 6) is 1.21. The molecule has 1 spiro atoms. The quantitative estimate of drug-likeness (QED) is 0.682. The molecule has 4 N–H and O–H groups in total. The number of anilines is 1. The third kappa shape index (κ3) is 2.96. The summed E-state index contributed by atoms with van der Waals surface area (Å²) in [6.45, 7) is 0. The molecule has 0 atom stereocenters. The molecule has 0 bridgehead atoms.